The fourth-order valence-corrected chi connectivity index (χ4v) is 0.746. The highest BCUT2D eigenvalue weighted by Gasteiger charge is 2.39. The second-order valence-corrected chi connectivity index (χ2v) is 3.12. The molecule has 0 aliphatic carbocycles. The number of hydrogen-bond donors (Lipinski definition) is 0. The van der Waals surface area contributed by atoms with Gasteiger partial charge in [0, 0.05) is 0 Å². The summed E-state index contributed by atoms with van der Waals surface area (Å²) in [4.78, 5) is 8.73. The van der Waals surface area contributed by atoms with Crippen LogP contribution in [0.2, 0.25) is 0 Å². The van der Waals surface area contributed by atoms with Crippen LogP contribution in [0.15, 0.2) is 0 Å². The van der Waals surface area contributed by atoms with Gasteiger partial charge < -0.3 is 4.74 Å². The average Bonchev–Trinajstić information content (AvgIpc) is 1.85. The van der Waals surface area contributed by atoms with Gasteiger partial charge in [-0.25, -0.2) is 0 Å². The largest absolute Gasteiger partial charge is 0.466 e. The van der Waals surface area contributed by atoms with Gasteiger partial charge in [-0.2, -0.15) is 13.2 Å². The molecule has 0 saturated heterocycles. The molecule has 0 aliphatic heterocycles. The molecule has 0 saturated carbocycles. The maximum Gasteiger partial charge on any atom is 0.401 e. The van der Waals surface area contributed by atoms with Gasteiger partial charge in [-0.15, -0.1) is 0 Å². The molecular formula is C6H8BrF3O2. The van der Waals surface area contributed by atoms with Crippen molar-refractivity contribution in [3.63, 3.8) is 0 Å². The lowest BCUT2D eigenvalue weighted by Gasteiger charge is -2.12. The summed E-state index contributed by atoms with van der Waals surface area (Å²) >= 11 is 2.34. The molecule has 0 heterocycles. The van der Waals surface area contributed by atoms with E-state index in [4.69, 9.17) is 0 Å². The molecule has 0 aromatic carbocycles. The minimum Gasteiger partial charge on any atom is -0.466 e. The highest BCUT2D eigenvalue weighted by molar-refractivity contribution is 9.09. The lowest BCUT2D eigenvalue weighted by Crippen LogP contribution is -2.26. The predicted octanol–water partition coefficient (Wildman–Crippen LogP) is 2.27. The van der Waals surface area contributed by atoms with Gasteiger partial charge in [-0.3, -0.25) is 4.79 Å². The molecular weight excluding hydrogens is 241 g/mol. The number of halogens is 4. The van der Waals surface area contributed by atoms with E-state index in [0.29, 0.717) is 0 Å². The molecule has 1 atom stereocenters. The molecule has 2 nitrogen and oxygen atoms in total. The number of alkyl halides is 4. The number of carbonyl (C=O) groups excluding carboxylic acids is 1. The van der Waals surface area contributed by atoms with Gasteiger partial charge in [0.1, 0.15) is 4.83 Å². The normalized spacial score (nSPS) is 14.1. The van der Waals surface area contributed by atoms with Crippen LogP contribution in [0.5, 0.6) is 0 Å². The predicted molar refractivity (Wildman–Crippen MR) is 40.0 cm³/mol. The van der Waals surface area contributed by atoms with Crippen molar-refractivity contribution >= 4 is 21.9 Å². The third-order valence-electron chi connectivity index (χ3n) is 1.01. The highest BCUT2D eigenvalue weighted by Crippen LogP contribution is 2.28. The van der Waals surface area contributed by atoms with Crippen molar-refractivity contribution in [3.05, 3.63) is 0 Å². The van der Waals surface area contributed by atoms with Crippen LogP contribution in [0.3, 0.4) is 0 Å². The first kappa shape index (κ1) is 11.7. The lowest BCUT2D eigenvalue weighted by atomic mass is 10.3. The molecule has 1 unspecified atom stereocenters. The molecule has 0 amide bonds. The third kappa shape index (κ3) is 4.58. The minimum absolute atomic E-state index is 0.0937. The maximum absolute atomic E-state index is 11.8. The Bertz CT molecular complexity index is 157. The second kappa shape index (κ2) is 4.69. The topological polar surface area (TPSA) is 26.3 Å². The number of hydrogen-bond acceptors (Lipinski definition) is 2. The highest BCUT2D eigenvalue weighted by atomic mass is 79.9. The van der Waals surface area contributed by atoms with Crippen LogP contribution in [0, 0.1) is 0 Å². The van der Waals surface area contributed by atoms with Gasteiger partial charge in [0.05, 0.1) is 13.0 Å². The fourth-order valence-electron chi connectivity index (χ4n) is 0.482. The Kier molecular flexibility index (Phi) is 4.59. The average molecular weight is 249 g/mol. The SMILES string of the molecule is CCOC(=O)CC(Br)C(F)(F)F. The lowest BCUT2D eigenvalue weighted by molar-refractivity contribution is -0.153. The van der Waals surface area contributed by atoms with Crippen LogP contribution >= 0.6 is 15.9 Å². The van der Waals surface area contributed by atoms with Crippen LogP contribution in [-0.2, 0) is 9.53 Å². The standard InChI is InChI=1S/C6H8BrF3O2/c1-2-12-5(11)3-4(7)6(8,9)10/h4H,2-3H2,1H3. The Hall–Kier alpha value is -0.260. The third-order valence-corrected chi connectivity index (χ3v) is 1.85. The van der Waals surface area contributed by atoms with E-state index in [2.05, 4.69) is 20.7 Å². The van der Waals surface area contributed by atoms with Crippen LogP contribution in [-0.4, -0.2) is 23.6 Å². The summed E-state index contributed by atoms with van der Waals surface area (Å²) in [6.07, 6.45) is -5.08. The van der Waals surface area contributed by atoms with Gasteiger partial charge in [-0.1, -0.05) is 15.9 Å². The fraction of sp³-hybridized carbons (Fsp3) is 0.833. The Morgan fingerprint density at radius 3 is 2.42 bits per heavy atom. The summed E-state index contributed by atoms with van der Waals surface area (Å²) in [5, 5.41) is 0. The van der Waals surface area contributed by atoms with Gasteiger partial charge in [0.15, 0.2) is 0 Å². The first-order valence-electron chi connectivity index (χ1n) is 3.24. The quantitative estimate of drug-likeness (QED) is 0.566. The molecule has 0 N–H and O–H groups in total. The molecule has 0 radical (unpaired) electrons. The van der Waals surface area contributed by atoms with Gasteiger partial charge in [-0.05, 0) is 6.92 Å². The smallest absolute Gasteiger partial charge is 0.401 e. The summed E-state index contributed by atoms with van der Waals surface area (Å²) in [7, 11) is 0. The zero-order valence-electron chi connectivity index (χ0n) is 6.32. The number of rotatable bonds is 3. The van der Waals surface area contributed by atoms with E-state index in [1.165, 1.54) is 6.92 Å². The van der Waals surface area contributed by atoms with E-state index in [-0.39, 0.29) is 6.61 Å². The van der Waals surface area contributed by atoms with Crippen molar-refractivity contribution in [2.75, 3.05) is 6.61 Å². The molecule has 0 bridgehead atoms. The van der Waals surface area contributed by atoms with E-state index in [0.717, 1.165) is 0 Å². The monoisotopic (exact) mass is 248 g/mol. The molecule has 0 fully saturated rings. The van der Waals surface area contributed by atoms with Crippen molar-refractivity contribution in [1.82, 2.24) is 0 Å². The van der Waals surface area contributed by atoms with Crippen LogP contribution < -0.4 is 0 Å². The first-order chi connectivity index (χ1) is 5.38. The van der Waals surface area contributed by atoms with E-state index in [1.54, 1.807) is 0 Å². The van der Waals surface area contributed by atoms with E-state index in [9.17, 15) is 18.0 Å². The zero-order valence-corrected chi connectivity index (χ0v) is 7.91. The van der Waals surface area contributed by atoms with Crippen molar-refractivity contribution in [1.29, 1.82) is 0 Å². The number of esters is 1. The number of carbonyl (C=O) groups is 1. The van der Waals surface area contributed by atoms with Gasteiger partial charge >= 0.3 is 12.1 Å². The van der Waals surface area contributed by atoms with Gasteiger partial charge in [0.2, 0.25) is 0 Å². The van der Waals surface area contributed by atoms with Crippen molar-refractivity contribution < 1.29 is 22.7 Å². The summed E-state index contributed by atoms with van der Waals surface area (Å²) in [5.74, 6) is -0.850. The Morgan fingerprint density at radius 1 is 1.58 bits per heavy atom. The molecule has 6 heteroatoms. The molecule has 12 heavy (non-hydrogen) atoms. The molecule has 0 aliphatic rings. The Labute approximate surface area is 76.2 Å². The molecule has 0 spiro atoms. The van der Waals surface area contributed by atoms with Crippen molar-refractivity contribution in [2.24, 2.45) is 0 Å². The molecule has 0 rings (SSSR count). The molecule has 72 valence electrons. The van der Waals surface area contributed by atoms with E-state index < -0.39 is 23.4 Å². The first-order valence-corrected chi connectivity index (χ1v) is 4.16. The number of ether oxygens (including phenoxy) is 1. The minimum atomic E-state index is -4.40. The van der Waals surface area contributed by atoms with Crippen LogP contribution in [0.4, 0.5) is 13.2 Å². The second-order valence-electron chi connectivity index (χ2n) is 2.02. The van der Waals surface area contributed by atoms with Gasteiger partial charge in [0.25, 0.3) is 0 Å². The Morgan fingerprint density at radius 2 is 2.08 bits per heavy atom. The van der Waals surface area contributed by atoms with Crippen LogP contribution in [0.25, 0.3) is 0 Å². The summed E-state index contributed by atoms with van der Waals surface area (Å²) in [6.45, 7) is 1.63. The molecule has 0 aromatic heterocycles. The summed E-state index contributed by atoms with van der Waals surface area (Å²) in [5.41, 5.74) is 0. The maximum atomic E-state index is 11.8. The summed E-state index contributed by atoms with van der Waals surface area (Å²) < 4.78 is 39.7. The van der Waals surface area contributed by atoms with Crippen molar-refractivity contribution in [3.8, 4) is 0 Å². The molecule has 0 aromatic rings. The van der Waals surface area contributed by atoms with E-state index in [1.807, 2.05) is 0 Å². The summed E-state index contributed by atoms with van der Waals surface area (Å²) in [6, 6.07) is 0. The van der Waals surface area contributed by atoms with E-state index >= 15 is 0 Å². The zero-order chi connectivity index (χ0) is 9.78. The van der Waals surface area contributed by atoms with Crippen LogP contribution in [0.1, 0.15) is 13.3 Å². The van der Waals surface area contributed by atoms with Crippen molar-refractivity contribution in [2.45, 2.75) is 24.3 Å². The Balaban J connectivity index is 3.84.